The molecule has 172 valence electrons. The molecule has 2 fully saturated rings. The van der Waals surface area contributed by atoms with Crippen LogP contribution in [0, 0.1) is 0 Å². The van der Waals surface area contributed by atoms with E-state index in [1.54, 1.807) is 16.0 Å². The highest BCUT2D eigenvalue weighted by atomic mass is 32.1. The van der Waals surface area contributed by atoms with Crippen molar-refractivity contribution in [1.82, 2.24) is 24.5 Å². The van der Waals surface area contributed by atoms with Crippen LogP contribution in [0.5, 0.6) is 0 Å². The lowest BCUT2D eigenvalue weighted by Crippen LogP contribution is -2.53. The zero-order chi connectivity index (χ0) is 22.6. The summed E-state index contributed by atoms with van der Waals surface area (Å²) >= 11 is 1.57. The van der Waals surface area contributed by atoms with Gasteiger partial charge < -0.3 is 14.5 Å². The van der Waals surface area contributed by atoms with Crippen molar-refractivity contribution in [2.24, 2.45) is 0 Å². The number of hydrogen-bond acceptors (Lipinski definition) is 6. The van der Waals surface area contributed by atoms with Crippen LogP contribution in [0.4, 0.5) is 0 Å². The fourth-order valence-electron chi connectivity index (χ4n) is 4.22. The summed E-state index contributed by atoms with van der Waals surface area (Å²) in [4.78, 5) is 33.0. The van der Waals surface area contributed by atoms with Gasteiger partial charge in [0.1, 0.15) is 5.69 Å². The molecule has 5 rings (SSSR count). The summed E-state index contributed by atoms with van der Waals surface area (Å²) in [6.45, 7) is 5.51. The summed E-state index contributed by atoms with van der Waals surface area (Å²) in [5, 5.41) is 6.74. The lowest BCUT2D eigenvalue weighted by Gasteiger charge is -2.36. The Labute approximate surface area is 197 Å². The number of carbonyl (C=O) groups is 2. The SMILES string of the molecule is O=C(CN1CCOCC1)N1CCN(C(=O)c2cn(-c3ccccc3)nc2-c2cccs2)CC1. The normalized spacial score (nSPS) is 17.3. The van der Waals surface area contributed by atoms with Gasteiger partial charge in [0.25, 0.3) is 5.91 Å². The van der Waals surface area contributed by atoms with Crippen molar-refractivity contribution in [1.29, 1.82) is 0 Å². The monoisotopic (exact) mass is 465 g/mol. The van der Waals surface area contributed by atoms with Crippen LogP contribution in [0.1, 0.15) is 10.4 Å². The average Bonchev–Trinajstić information content (AvgIpc) is 3.55. The van der Waals surface area contributed by atoms with Gasteiger partial charge in [0.15, 0.2) is 0 Å². The van der Waals surface area contributed by atoms with Gasteiger partial charge in [-0.3, -0.25) is 14.5 Å². The van der Waals surface area contributed by atoms with Crippen molar-refractivity contribution in [2.75, 3.05) is 59.0 Å². The number of amides is 2. The first-order valence-electron chi connectivity index (χ1n) is 11.2. The van der Waals surface area contributed by atoms with Crippen LogP contribution in [0.2, 0.25) is 0 Å². The molecule has 0 bridgehead atoms. The highest BCUT2D eigenvalue weighted by Gasteiger charge is 2.29. The van der Waals surface area contributed by atoms with Crippen molar-refractivity contribution >= 4 is 23.2 Å². The Morgan fingerprint density at radius 3 is 2.33 bits per heavy atom. The molecule has 0 unspecified atom stereocenters. The maximum atomic E-state index is 13.5. The zero-order valence-electron chi connectivity index (χ0n) is 18.4. The van der Waals surface area contributed by atoms with Crippen LogP contribution in [-0.4, -0.2) is 95.3 Å². The van der Waals surface area contributed by atoms with Gasteiger partial charge in [0, 0.05) is 45.5 Å². The van der Waals surface area contributed by atoms with Crippen LogP contribution < -0.4 is 0 Å². The molecule has 4 heterocycles. The van der Waals surface area contributed by atoms with Crippen molar-refractivity contribution < 1.29 is 14.3 Å². The van der Waals surface area contributed by atoms with Crippen LogP contribution in [0.25, 0.3) is 16.3 Å². The minimum Gasteiger partial charge on any atom is -0.379 e. The van der Waals surface area contributed by atoms with E-state index in [9.17, 15) is 9.59 Å². The molecule has 1 aromatic carbocycles. The number of rotatable bonds is 5. The van der Waals surface area contributed by atoms with E-state index in [4.69, 9.17) is 9.84 Å². The van der Waals surface area contributed by atoms with E-state index in [1.165, 1.54) is 0 Å². The van der Waals surface area contributed by atoms with Gasteiger partial charge in [-0.2, -0.15) is 5.10 Å². The van der Waals surface area contributed by atoms with Crippen LogP contribution in [-0.2, 0) is 9.53 Å². The summed E-state index contributed by atoms with van der Waals surface area (Å²) in [6, 6.07) is 13.8. The summed E-state index contributed by atoms with van der Waals surface area (Å²) in [7, 11) is 0. The molecule has 33 heavy (non-hydrogen) atoms. The molecular weight excluding hydrogens is 438 g/mol. The number of hydrogen-bond donors (Lipinski definition) is 0. The van der Waals surface area contributed by atoms with Crippen LogP contribution >= 0.6 is 11.3 Å². The zero-order valence-corrected chi connectivity index (χ0v) is 19.2. The Hall–Kier alpha value is -3.01. The molecule has 9 heteroatoms. The smallest absolute Gasteiger partial charge is 0.257 e. The predicted molar refractivity (Wildman–Crippen MR) is 127 cm³/mol. The molecule has 3 aromatic rings. The molecule has 0 N–H and O–H groups in total. The second-order valence-electron chi connectivity index (χ2n) is 8.21. The van der Waals surface area contributed by atoms with Crippen LogP contribution in [0.3, 0.4) is 0 Å². The standard InChI is InChI=1S/C24H27N5O3S/c30-22(18-26-12-14-32-15-13-26)27-8-10-28(11-9-27)24(31)20-17-29(19-5-2-1-3-6-19)25-23(20)21-7-4-16-33-21/h1-7,16-17H,8-15,18H2. The number of aromatic nitrogens is 2. The Morgan fingerprint density at radius 1 is 0.909 bits per heavy atom. The van der Waals surface area contributed by atoms with Crippen molar-refractivity contribution in [3.05, 3.63) is 59.6 Å². The van der Waals surface area contributed by atoms with Crippen molar-refractivity contribution in [3.8, 4) is 16.3 Å². The third kappa shape index (κ3) is 4.85. The molecule has 0 spiro atoms. The number of piperazine rings is 1. The van der Waals surface area contributed by atoms with E-state index in [1.807, 2.05) is 63.8 Å². The Morgan fingerprint density at radius 2 is 1.64 bits per heavy atom. The van der Waals surface area contributed by atoms with E-state index in [0.717, 1.165) is 23.7 Å². The van der Waals surface area contributed by atoms with E-state index >= 15 is 0 Å². The summed E-state index contributed by atoms with van der Waals surface area (Å²) in [5.74, 6) is 0.0843. The number of ether oxygens (including phenoxy) is 1. The second kappa shape index (κ2) is 9.86. The van der Waals surface area contributed by atoms with Crippen molar-refractivity contribution in [2.45, 2.75) is 0 Å². The third-order valence-electron chi connectivity index (χ3n) is 6.10. The van der Waals surface area contributed by atoms with Gasteiger partial charge in [0.05, 0.1) is 35.9 Å². The molecule has 0 aliphatic carbocycles. The van der Waals surface area contributed by atoms with Gasteiger partial charge in [-0.1, -0.05) is 24.3 Å². The molecule has 2 aliphatic rings. The van der Waals surface area contributed by atoms with E-state index in [2.05, 4.69) is 4.90 Å². The van der Waals surface area contributed by atoms with Gasteiger partial charge in [-0.05, 0) is 23.6 Å². The second-order valence-corrected chi connectivity index (χ2v) is 9.16. The molecule has 0 atom stereocenters. The van der Waals surface area contributed by atoms with Crippen molar-refractivity contribution in [3.63, 3.8) is 0 Å². The first kappa shape index (κ1) is 21.8. The summed E-state index contributed by atoms with van der Waals surface area (Å²) in [6.07, 6.45) is 1.82. The number of morpholine rings is 1. The topological polar surface area (TPSA) is 70.9 Å². The van der Waals surface area contributed by atoms with E-state index in [0.29, 0.717) is 57.2 Å². The fourth-order valence-corrected chi connectivity index (χ4v) is 4.94. The summed E-state index contributed by atoms with van der Waals surface area (Å²) < 4.78 is 7.13. The first-order chi connectivity index (χ1) is 16.2. The summed E-state index contributed by atoms with van der Waals surface area (Å²) in [5.41, 5.74) is 2.20. The molecular formula is C24H27N5O3S. The molecule has 2 aliphatic heterocycles. The van der Waals surface area contributed by atoms with Gasteiger partial charge in [-0.25, -0.2) is 4.68 Å². The van der Waals surface area contributed by atoms with Gasteiger partial charge in [-0.15, -0.1) is 11.3 Å². The first-order valence-corrected chi connectivity index (χ1v) is 12.1. The molecule has 0 saturated carbocycles. The number of para-hydroxylation sites is 1. The largest absolute Gasteiger partial charge is 0.379 e. The Bertz CT molecular complexity index is 1080. The van der Waals surface area contributed by atoms with Gasteiger partial charge >= 0.3 is 0 Å². The Balaban J connectivity index is 1.29. The predicted octanol–water partition coefficient (Wildman–Crippen LogP) is 2.22. The van der Waals surface area contributed by atoms with E-state index < -0.39 is 0 Å². The van der Waals surface area contributed by atoms with Gasteiger partial charge in [0.2, 0.25) is 5.91 Å². The molecule has 2 saturated heterocycles. The molecule has 2 aromatic heterocycles. The highest BCUT2D eigenvalue weighted by molar-refractivity contribution is 7.13. The average molecular weight is 466 g/mol. The minimum atomic E-state index is -0.0409. The lowest BCUT2D eigenvalue weighted by molar-refractivity contribution is -0.134. The maximum absolute atomic E-state index is 13.5. The fraction of sp³-hybridized carbons (Fsp3) is 0.375. The Kier molecular flexibility index (Phi) is 6.52. The van der Waals surface area contributed by atoms with E-state index in [-0.39, 0.29) is 11.8 Å². The maximum Gasteiger partial charge on any atom is 0.257 e. The molecule has 2 amide bonds. The number of nitrogens with zero attached hydrogens (tertiary/aromatic N) is 5. The number of thiophene rings is 1. The molecule has 0 radical (unpaired) electrons. The molecule has 8 nitrogen and oxygen atoms in total. The minimum absolute atomic E-state index is 0.0409. The lowest BCUT2D eigenvalue weighted by atomic mass is 10.1. The number of carbonyl (C=O) groups excluding carboxylic acids is 2. The number of benzene rings is 1. The highest BCUT2D eigenvalue weighted by Crippen LogP contribution is 2.29. The van der Waals surface area contributed by atoms with Crippen LogP contribution in [0.15, 0.2) is 54.0 Å². The quantitative estimate of drug-likeness (QED) is 0.578. The third-order valence-corrected chi connectivity index (χ3v) is 6.98.